The van der Waals surface area contributed by atoms with Gasteiger partial charge in [0.2, 0.25) is 0 Å². The van der Waals surface area contributed by atoms with Crippen molar-refractivity contribution < 1.29 is 9.53 Å². The number of rotatable bonds is 4. The highest BCUT2D eigenvalue weighted by Gasteiger charge is 2.12. The van der Waals surface area contributed by atoms with E-state index in [0.29, 0.717) is 22.0 Å². The predicted octanol–water partition coefficient (Wildman–Crippen LogP) is 4.10. The fraction of sp³-hybridized carbons (Fsp3) is 0.111. The van der Waals surface area contributed by atoms with Gasteiger partial charge in [-0.2, -0.15) is 5.10 Å². The molecule has 0 bridgehead atoms. The molecule has 0 unspecified atom stereocenters. The Morgan fingerprint density at radius 3 is 2.79 bits per heavy atom. The fourth-order valence-corrected chi connectivity index (χ4v) is 2.49. The average Bonchev–Trinajstić information content (AvgIpc) is 3.12. The van der Waals surface area contributed by atoms with Crippen LogP contribution < -0.4 is 10.1 Å². The van der Waals surface area contributed by atoms with Gasteiger partial charge in [-0.25, -0.2) is 4.68 Å². The topological polar surface area (TPSA) is 56.1 Å². The van der Waals surface area contributed by atoms with Crippen LogP contribution in [0.15, 0.2) is 54.9 Å². The lowest BCUT2D eigenvalue weighted by Crippen LogP contribution is -2.13. The second-order valence-corrected chi connectivity index (χ2v) is 5.66. The lowest BCUT2D eigenvalue weighted by molar-refractivity contribution is 0.102. The van der Waals surface area contributed by atoms with E-state index in [4.69, 9.17) is 16.3 Å². The number of aromatic nitrogens is 2. The Labute approximate surface area is 144 Å². The van der Waals surface area contributed by atoms with Crippen LogP contribution in [0.2, 0.25) is 5.02 Å². The maximum Gasteiger partial charge on any atom is 0.255 e. The molecule has 2 aromatic carbocycles. The van der Waals surface area contributed by atoms with Crippen molar-refractivity contribution in [3.8, 4) is 11.4 Å². The molecule has 1 amide bonds. The highest BCUT2D eigenvalue weighted by atomic mass is 35.5. The smallest absolute Gasteiger partial charge is 0.255 e. The van der Waals surface area contributed by atoms with E-state index in [1.54, 1.807) is 35.1 Å². The summed E-state index contributed by atoms with van der Waals surface area (Å²) in [6.45, 7) is 1.87. The summed E-state index contributed by atoms with van der Waals surface area (Å²) in [5.41, 5.74) is 2.77. The Kier molecular flexibility index (Phi) is 4.53. The third-order valence-corrected chi connectivity index (χ3v) is 4.01. The fourth-order valence-electron chi connectivity index (χ4n) is 2.34. The van der Waals surface area contributed by atoms with E-state index in [2.05, 4.69) is 10.4 Å². The quantitative estimate of drug-likeness (QED) is 0.777. The molecule has 1 aromatic heterocycles. The molecule has 0 atom stereocenters. The number of hydrogen-bond acceptors (Lipinski definition) is 3. The summed E-state index contributed by atoms with van der Waals surface area (Å²) in [6.07, 6.45) is 3.51. The van der Waals surface area contributed by atoms with Crippen LogP contribution in [-0.4, -0.2) is 22.8 Å². The number of aryl methyl sites for hydroxylation is 1. The second kappa shape index (κ2) is 6.76. The molecule has 0 aliphatic rings. The van der Waals surface area contributed by atoms with Crippen molar-refractivity contribution in [3.63, 3.8) is 0 Å². The molecule has 1 heterocycles. The van der Waals surface area contributed by atoms with Crippen LogP contribution in [-0.2, 0) is 0 Å². The minimum absolute atomic E-state index is 0.232. The van der Waals surface area contributed by atoms with Gasteiger partial charge in [-0.05, 0) is 42.8 Å². The van der Waals surface area contributed by atoms with Gasteiger partial charge in [-0.15, -0.1) is 0 Å². The number of methoxy groups -OCH3 is 1. The van der Waals surface area contributed by atoms with Gasteiger partial charge in [0.05, 0.1) is 18.5 Å². The summed E-state index contributed by atoms with van der Waals surface area (Å²) in [6, 6.07) is 12.5. The monoisotopic (exact) mass is 341 g/mol. The zero-order valence-electron chi connectivity index (χ0n) is 13.3. The maximum absolute atomic E-state index is 12.6. The molecule has 0 aliphatic heterocycles. The molecule has 0 spiro atoms. The third kappa shape index (κ3) is 3.26. The van der Waals surface area contributed by atoms with Crippen LogP contribution in [0.1, 0.15) is 15.9 Å². The van der Waals surface area contributed by atoms with Gasteiger partial charge in [0.1, 0.15) is 5.75 Å². The van der Waals surface area contributed by atoms with Gasteiger partial charge in [-0.3, -0.25) is 4.79 Å². The van der Waals surface area contributed by atoms with Crippen molar-refractivity contribution in [3.05, 3.63) is 71.0 Å². The first-order valence-electron chi connectivity index (χ1n) is 7.34. The molecule has 3 rings (SSSR count). The molecule has 1 N–H and O–H groups in total. The van der Waals surface area contributed by atoms with Crippen molar-refractivity contribution in [2.45, 2.75) is 6.92 Å². The first-order chi connectivity index (χ1) is 11.6. The zero-order chi connectivity index (χ0) is 17.1. The van der Waals surface area contributed by atoms with Crippen molar-refractivity contribution in [1.29, 1.82) is 0 Å². The van der Waals surface area contributed by atoms with Gasteiger partial charge in [-0.1, -0.05) is 17.7 Å². The molecule has 122 valence electrons. The van der Waals surface area contributed by atoms with E-state index in [0.717, 1.165) is 11.3 Å². The molecular weight excluding hydrogens is 326 g/mol. The van der Waals surface area contributed by atoms with E-state index < -0.39 is 0 Å². The minimum Gasteiger partial charge on any atom is -0.495 e. The summed E-state index contributed by atoms with van der Waals surface area (Å²) in [5, 5.41) is 7.62. The molecule has 24 heavy (non-hydrogen) atoms. The van der Waals surface area contributed by atoms with Crippen molar-refractivity contribution >= 4 is 23.2 Å². The molecule has 0 saturated carbocycles. The summed E-state index contributed by atoms with van der Waals surface area (Å²) in [5.74, 6) is 0.284. The molecular formula is C18H16ClN3O2. The number of ether oxygens (including phenoxy) is 1. The Morgan fingerprint density at radius 1 is 1.25 bits per heavy atom. The van der Waals surface area contributed by atoms with Crippen molar-refractivity contribution in [2.24, 2.45) is 0 Å². The summed E-state index contributed by atoms with van der Waals surface area (Å²) < 4.78 is 6.99. The number of anilines is 1. The lowest BCUT2D eigenvalue weighted by Gasteiger charge is -2.12. The molecule has 0 aliphatic carbocycles. The highest BCUT2D eigenvalue weighted by molar-refractivity contribution is 6.31. The number of nitrogens with zero attached hydrogens (tertiary/aromatic N) is 2. The summed E-state index contributed by atoms with van der Waals surface area (Å²) in [7, 11) is 1.54. The minimum atomic E-state index is -0.232. The van der Waals surface area contributed by atoms with Crippen LogP contribution in [0, 0.1) is 6.92 Å². The van der Waals surface area contributed by atoms with Gasteiger partial charge < -0.3 is 10.1 Å². The van der Waals surface area contributed by atoms with E-state index in [-0.39, 0.29) is 5.91 Å². The van der Waals surface area contributed by atoms with Crippen LogP contribution >= 0.6 is 11.6 Å². The van der Waals surface area contributed by atoms with E-state index in [1.165, 1.54) is 7.11 Å². The number of benzene rings is 2. The lowest BCUT2D eigenvalue weighted by atomic mass is 10.1. The van der Waals surface area contributed by atoms with Gasteiger partial charge in [0.15, 0.2) is 0 Å². The first-order valence-corrected chi connectivity index (χ1v) is 7.72. The largest absolute Gasteiger partial charge is 0.495 e. The molecule has 0 fully saturated rings. The van der Waals surface area contributed by atoms with Crippen LogP contribution in [0.25, 0.3) is 5.69 Å². The Morgan fingerprint density at radius 2 is 2.08 bits per heavy atom. The first kappa shape index (κ1) is 16.1. The van der Waals surface area contributed by atoms with Gasteiger partial charge in [0, 0.05) is 29.0 Å². The third-order valence-electron chi connectivity index (χ3n) is 3.61. The number of nitrogens with one attached hydrogen (secondary N) is 1. The standard InChI is InChI=1S/C18H16ClN3O2/c1-12-9-16(17(24-2)11-15(12)19)21-18(23)13-5-3-6-14(10-13)22-8-4-7-20-22/h3-11H,1-2H3,(H,21,23). The number of carbonyl (C=O) groups is 1. The Hall–Kier alpha value is -2.79. The molecule has 3 aromatic rings. The summed E-state index contributed by atoms with van der Waals surface area (Å²) >= 11 is 6.09. The number of carbonyl (C=O) groups excluding carboxylic acids is 1. The maximum atomic E-state index is 12.6. The Bertz CT molecular complexity index is 876. The molecule has 0 saturated heterocycles. The highest BCUT2D eigenvalue weighted by Crippen LogP contribution is 2.31. The van der Waals surface area contributed by atoms with Crippen LogP contribution in [0.3, 0.4) is 0 Å². The second-order valence-electron chi connectivity index (χ2n) is 5.26. The zero-order valence-corrected chi connectivity index (χ0v) is 14.0. The number of amides is 1. The number of hydrogen-bond donors (Lipinski definition) is 1. The molecule has 6 heteroatoms. The van der Waals surface area contributed by atoms with Gasteiger partial charge >= 0.3 is 0 Å². The van der Waals surface area contributed by atoms with Crippen LogP contribution in [0.4, 0.5) is 5.69 Å². The van der Waals surface area contributed by atoms with E-state index >= 15 is 0 Å². The van der Waals surface area contributed by atoms with Crippen molar-refractivity contribution in [1.82, 2.24) is 9.78 Å². The molecule has 0 radical (unpaired) electrons. The normalized spacial score (nSPS) is 10.5. The Balaban J connectivity index is 1.88. The van der Waals surface area contributed by atoms with Gasteiger partial charge in [0.25, 0.3) is 5.91 Å². The SMILES string of the molecule is COc1cc(Cl)c(C)cc1NC(=O)c1cccc(-n2cccn2)c1. The predicted molar refractivity (Wildman–Crippen MR) is 94.3 cm³/mol. The van der Waals surface area contributed by atoms with Crippen molar-refractivity contribution in [2.75, 3.05) is 12.4 Å². The number of halogens is 1. The average molecular weight is 342 g/mol. The molecule has 5 nitrogen and oxygen atoms in total. The van der Waals surface area contributed by atoms with E-state index in [9.17, 15) is 4.79 Å². The van der Waals surface area contributed by atoms with E-state index in [1.807, 2.05) is 31.3 Å². The summed E-state index contributed by atoms with van der Waals surface area (Å²) in [4.78, 5) is 12.6. The van der Waals surface area contributed by atoms with Crippen LogP contribution in [0.5, 0.6) is 5.75 Å².